The van der Waals surface area contributed by atoms with Gasteiger partial charge in [0.1, 0.15) is 37.6 Å². The van der Waals surface area contributed by atoms with E-state index in [9.17, 15) is 9.59 Å². The molecule has 0 aliphatic heterocycles. The molecule has 160 valence electrons. The van der Waals surface area contributed by atoms with E-state index < -0.39 is 0 Å². The van der Waals surface area contributed by atoms with Gasteiger partial charge in [-0.3, -0.25) is 9.59 Å². The van der Waals surface area contributed by atoms with Gasteiger partial charge in [-0.25, -0.2) is 0 Å². The van der Waals surface area contributed by atoms with Gasteiger partial charge >= 0.3 is 5.97 Å². The molecular formula is C26H26O5. The van der Waals surface area contributed by atoms with Crippen molar-refractivity contribution >= 4 is 12.3 Å². The van der Waals surface area contributed by atoms with Gasteiger partial charge in [-0.15, -0.1) is 0 Å². The Balaban J connectivity index is 1.71. The molecule has 3 aromatic rings. The van der Waals surface area contributed by atoms with Gasteiger partial charge in [0.05, 0.1) is 0 Å². The third-order valence-corrected chi connectivity index (χ3v) is 5.00. The van der Waals surface area contributed by atoms with Crippen LogP contribution in [0.4, 0.5) is 0 Å². The van der Waals surface area contributed by atoms with E-state index in [1.807, 2.05) is 31.2 Å². The van der Waals surface area contributed by atoms with Gasteiger partial charge in [0.15, 0.2) is 0 Å². The van der Waals surface area contributed by atoms with Crippen LogP contribution in [0, 0.1) is 13.8 Å². The summed E-state index contributed by atoms with van der Waals surface area (Å²) in [6.07, 6.45) is 0.815. The van der Waals surface area contributed by atoms with Crippen LogP contribution in [-0.2, 0) is 16.1 Å². The number of hydrogen-bond acceptors (Lipinski definition) is 5. The lowest BCUT2D eigenvalue weighted by Gasteiger charge is -2.15. The molecule has 5 heteroatoms. The minimum Gasteiger partial charge on any atom is -0.490 e. The monoisotopic (exact) mass is 418 g/mol. The maximum absolute atomic E-state index is 10.8. The van der Waals surface area contributed by atoms with E-state index >= 15 is 0 Å². The molecule has 0 unspecified atom stereocenters. The van der Waals surface area contributed by atoms with Gasteiger partial charge in [-0.05, 0) is 78.1 Å². The Morgan fingerprint density at radius 3 is 2.29 bits per heavy atom. The highest BCUT2D eigenvalue weighted by Gasteiger charge is 2.10. The lowest BCUT2D eigenvalue weighted by atomic mass is 9.94. The second kappa shape index (κ2) is 10.4. The van der Waals surface area contributed by atoms with Crippen LogP contribution in [0.2, 0.25) is 0 Å². The standard InChI is InChI=1S/C26H26O5/c1-18-15-24(30-14-13-29-20(3)28)11-12-25(18)26-6-4-5-22(19(26)2)17-31-23-9-7-21(16-27)8-10-23/h4-12,15-16H,13-14,17H2,1-3H3. The first-order chi connectivity index (χ1) is 15.0. The zero-order chi connectivity index (χ0) is 22.2. The van der Waals surface area contributed by atoms with Crippen molar-refractivity contribution in [2.45, 2.75) is 27.4 Å². The van der Waals surface area contributed by atoms with Crippen LogP contribution in [-0.4, -0.2) is 25.5 Å². The normalized spacial score (nSPS) is 10.4. The summed E-state index contributed by atoms with van der Waals surface area (Å²) in [4.78, 5) is 21.6. The maximum atomic E-state index is 10.8. The molecule has 3 aromatic carbocycles. The molecule has 0 amide bonds. The molecule has 0 aliphatic carbocycles. The largest absolute Gasteiger partial charge is 0.490 e. The topological polar surface area (TPSA) is 61.8 Å². The molecule has 0 atom stereocenters. The van der Waals surface area contributed by atoms with Crippen molar-refractivity contribution in [1.29, 1.82) is 0 Å². The molecule has 0 saturated carbocycles. The fraction of sp³-hybridized carbons (Fsp3) is 0.231. The van der Waals surface area contributed by atoms with Crippen LogP contribution in [0.25, 0.3) is 11.1 Å². The van der Waals surface area contributed by atoms with E-state index in [0.717, 1.165) is 45.6 Å². The smallest absolute Gasteiger partial charge is 0.302 e. The van der Waals surface area contributed by atoms with Crippen molar-refractivity contribution in [3.63, 3.8) is 0 Å². The number of hydrogen-bond donors (Lipinski definition) is 0. The zero-order valence-electron chi connectivity index (χ0n) is 18.0. The average Bonchev–Trinajstić information content (AvgIpc) is 2.77. The third-order valence-electron chi connectivity index (χ3n) is 5.00. The zero-order valence-corrected chi connectivity index (χ0v) is 18.0. The Labute approximate surface area is 182 Å². The predicted molar refractivity (Wildman–Crippen MR) is 120 cm³/mol. The quantitative estimate of drug-likeness (QED) is 0.268. The highest BCUT2D eigenvalue weighted by molar-refractivity contribution is 5.75. The summed E-state index contributed by atoms with van der Waals surface area (Å²) in [7, 11) is 0. The van der Waals surface area contributed by atoms with Crippen molar-refractivity contribution in [2.24, 2.45) is 0 Å². The van der Waals surface area contributed by atoms with Crippen LogP contribution in [0.3, 0.4) is 0 Å². The SMILES string of the molecule is CC(=O)OCCOc1ccc(-c2cccc(COc3ccc(C=O)cc3)c2C)c(C)c1. The Hall–Kier alpha value is -3.60. The number of aldehydes is 1. The molecule has 0 bridgehead atoms. The number of benzene rings is 3. The lowest BCUT2D eigenvalue weighted by Crippen LogP contribution is -2.09. The second-order valence-electron chi connectivity index (χ2n) is 7.23. The van der Waals surface area contributed by atoms with Crippen molar-refractivity contribution in [3.8, 4) is 22.6 Å². The van der Waals surface area contributed by atoms with Gasteiger partial charge in [0, 0.05) is 12.5 Å². The van der Waals surface area contributed by atoms with Crippen molar-refractivity contribution in [2.75, 3.05) is 13.2 Å². The van der Waals surface area contributed by atoms with Crippen LogP contribution in [0.5, 0.6) is 11.5 Å². The van der Waals surface area contributed by atoms with E-state index in [1.165, 1.54) is 6.92 Å². The number of rotatable bonds is 9. The molecule has 0 N–H and O–H groups in total. The Kier molecular flexibility index (Phi) is 7.44. The third kappa shape index (κ3) is 5.95. The molecule has 3 rings (SSSR count). The van der Waals surface area contributed by atoms with Gasteiger partial charge < -0.3 is 14.2 Å². The van der Waals surface area contributed by atoms with Crippen molar-refractivity contribution in [1.82, 2.24) is 0 Å². The van der Waals surface area contributed by atoms with Gasteiger partial charge in [-0.2, -0.15) is 0 Å². The van der Waals surface area contributed by atoms with E-state index in [4.69, 9.17) is 14.2 Å². The average molecular weight is 418 g/mol. The van der Waals surface area contributed by atoms with E-state index in [2.05, 4.69) is 19.1 Å². The first kappa shape index (κ1) is 22.1. The molecular weight excluding hydrogens is 392 g/mol. The molecule has 0 aliphatic rings. The van der Waals surface area contributed by atoms with Crippen LogP contribution in [0.1, 0.15) is 34.0 Å². The van der Waals surface area contributed by atoms with E-state index in [-0.39, 0.29) is 12.6 Å². The summed E-state index contributed by atoms with van der Waals surface area (Å²) < 4.78 is 16.5. The van der Waals surface area contributed by atoms with Crippen LogP contribution >= 0.6 is 0 Å². The first-order valence-corrected chi connectivity index (χ1v) is 10.1. The minimum absolute atomic E-state index is 0.231. The van der Waals surface area contributed by atoms with Gasteiger partial charge in [0.2, 0.25) is 0 Å². The fourth-order valence-electron chi connectivity index (χ4n) is 3.31. The highest BCUT2D eigenvalue weighted by Crippen LogP contribution is 2.31. The summed E-state index contributed by atoms with van der Waals surface area (Å²) in [6.45, 7) is 6.51. The number of esters is 1. The summed E-state index contributed by atoms with van der Waals surface area (Å²) in [6, 6.07) is 19.2. The summed E-state index contributed by atoms with van der Waals surface area (Å²) in [5.41, 5.74) is 6.23. The summed E-state index contributed by atoms with van der Waals surface area (Å²) >= 11 is 0. The van der Waals surface area contributed by atoms with Crippen molar-refractivity contribution < 1.29 is 23.8 Å². The fourth-order valence-corrected chi connectivity index (χ4v) is 3.31. The Bertz CT molecular complexity index is 1050. The number of carbonyl (C=O) groups is 2. The molecule has 0 saturated heterocycles. The highest BCUT2D eigenvalue weighted by atomic mass is 16.6. The predicted octanol–water partition coefficient (Wildman–Crippen LogP) is 5.30. The molecule has 31 heavy (non-hydrogen) atoms. The number of aryl methyl sites for hydroxylation is 1. The second-order valence-corrected chi connectivity index (χ2v) is 7.23. The lowest BCUT2D eigenvalue weighted by molar-refractivity contribution is -0.141. The molecule has 0 radical (unpaired) electrons. The van der Waals surface area contributed by atoms with Crippen LogP contribution in [0.15, 0.2) is 60.7 Å². The molecule has 0 spiro atoms. The Morgan fingerprint density at radius 1 is 0.871 bits per heavy atom. The minimum atomic E-state index is -0.313. The van der Waals surface area contributed by atoms with E-state index in [1.54, 1.807) is 24.3 Å². The number of carbonyl (C=O) groups excluding carboxylic acids is 2. The first-order valence-electron chi connectivity index (χ1n) is 10.1. The Morgan fingerprint density at radius 2 is 1.61 bits per heavy atom. The summed E-state index contributed by atoms with van der Waals surface area (Å²) in [5.74, 6) is 1.15. The van der Waals surface area contributed by atoms with Crippen molar-refractivity contribution in [3.05, 3.63) is 82.9 Å². The molecule has 0 heterocycles. The van der Waals surface area contributed by atoms with E-state index in [0.29, 0.717) is 18.8 Å². The van der Waals surface area contributed by atoms with Gasteiger partial charge in [0.25, 0.3) is 0 Å². The summed E-state index contributed by atoms with van der Waals surface area (Å²) in [5, 5.41) is 0. The number of ether oxygens (including phenoxy) is 3. The molecule has 0 aromatic heterocycles. The van der Waals surface area contributed by atoms with Gasteiger partial charge in [-0.1, -0.05) is 24.3 Å². The maximum Gasteiger partial charge on any atom is 0.302 e. The molecule has 5 nitrogen and oxygen atoms in total. The van der Waals surface area contributed by atoms with Crippen LogP contribution < -0.4 is 9.47 Å². The molecule has 0 fully saturated rings.